The molecule has 1 aromatic rings. The fourth-order valence-electron chi connectivity index (χ4n) is 2.97. The van der Waals surface area contributed by atoms with E-state index in [1.54, 1.807) is 13.0 Å². The SMILES string of the molecule is CCOC(=O)c1ccc(N2CCC3(CC2)OCCO3)cc1F. The first-order valence-electron chi connectivity index (χ1n) is 7.63. The first-order chi connectivity index (χ1) is 10.6. The van der Waals surface area contributed by atoms with Crippen LogP contribution in [0, 0.1) is 5.82 Å². The minimum Gasteiger partial charge on any atom is -0.462 e. The van der Waals surface area contributed by atoms with E-state index in [4.69, 9.17) is 14.2 Å². The van der Waals surface area contributed by atoms with Gasteiger partial charge < -0.3 is 19.1 Å². The second-order valence-electron chi connectivity index (χ2n) is 5.48. The van der Waals surface area contributed by atoms with Gasteiger partial charge in [-0.2, -0.15) is 0 Å². The van der Waals surface area contributed by atoms with Gasteiger partial charge in [-0.15, -0.1) is 0 Å². The molecule has 0 aromatic heterocycles. The van der Waals surface area contributed by atoms with Crippen LogP contribution in [0.2, 0.25) is 0 Å². The minimum atomic E-state index is -0.628. The number of carbonyl (C=O) groups is 1. The summed E-state index contributed by atoms with van der Waals surface area (Å²) in [6.07, 6.45) is 1.52. The van der Waals surface area contributed by atoms with Crippen molar-refractivity contribution in [1.29, 1.82) is 0 Å². The molecule has 2 heterocycles. The van der Waals surface area contributed by atoms with Crippen LogP contribution >= 0.6 is 0 Å². The van der Waals surface area contributed by atoms with Gasteiger partial charge in [0.15, 0.2) is 5.79 Å². The van der Waals surface area contributed by atoms with Gasteiger partial charge >= 0.3 is 5.97 Å². The average molecular weight is 309 g/mol. The van der Waals surface area contributed by atoms with E-state index in [2.05, 4.69) is 4.90 Å². The fourth-order valence-corrected chi connectivity index (χ4v) is 2.97. The van der Waals surface area contributed by atoms with Crippen molar-refractivity contribution in [2.45, 2.75) is 25.6 Å². The Labute approximate surface area is 128 Å². The van der Waals surface area contributed by atoms with E-state index >= 15 is 0 Å². The molecule has 0 saturated carbocycles. The minimum absolute atomic E-state index is 0.0264. The lowest BCUT2D eigenvalue weighted by Gasteiger charge is -2.38. The van der Waals surface area contributed by atoms with E-state index in [0.29, 0.717) is 13.2 Å². The van der Waals surface area contributed by atoms with Gasteiger partial charge in [0.2, 0.25) is 0 Å². The normalized spacial score (nSPS) is 20.4. The first kappa shape index (κ1) is 15.2. The van der Waals surface area contributed by atoms with E-state index in [1.165, 1.54) is 12.1 Å². The zero-order valence-corrected chi connectivity index (χ0v) is 12.6. The highest BCUT2D eigenvalue weighted by Gasteiger charge is 2.39. The average Bonchev–Trinajstić information content (AvgIpc) is 2.96. The summed E-state index contributed by atoms with van der Waals surface area (Å²) in [7, 11) is 0. The number of nitrogens with zero attached hydrogens (tertiary/aromatic N) is 1. The van der Waals surface area contributed by atoms with Gasteiger partial charge in [-0.25, -0.2) is 9.18 Å². The van der Waals surface area contributed by atoms with Crippen LogP contribution in [0.15, 0.2) is 18.2 Å². The zero-order valence-electron chi connectivity index (χ0n) is 12.6. The number of ether oxygens (including phenoxy) is 3. The van der Waals surface area contributed by atoms with Crippen molar-refractivity contribution >= 4 is 11.7 Å². The number of anilines is 1. The molecule has 0 amide bonds. The van der Waals surface area contributed by atoms with Gasteiger partial charge in [0, 0.05) is 31.6 Å². The quantitative estimate of drug-likeness (QED) is 0.802. The van der Waals surface area contributed by atoms with E-state index in [-0.39, 0.29) is 12.2 Å². The molecule has 6 heteroatoms. The molecular weight excluding hydrogens is 289 g/mol. The van der Waals surface area contributed by atoms with Crippen LogP contribution in [0.3, 0.4) is 0 Å². The summed E-state index contributed by atoms with van der Waals surface area (Å²) in [5, 5.41) is 0. The molecule has 2 aliphatic heterocycles. The van der Waals surface area contributed by atoms with Crippen molar-refractivity contribution in [3.8, 4) is 0 Å². The van der Waals surface area contributed by atoms with E-state index in [9.17, 15) is 9.18 Å². The van der Waals surface area contributed by atoms with Crippen molar-refractivity contribution in [1.82, 2.24) is 0 Å². The molecule has 0 N–H and O–H groups in total. The molecule has 120 valence electrons. The maximum absolute atomic E-state index is 14.1. The van der Waals surface area contributed by atoms with Gasteiger partial charge in [-0.3, -0.25) is 0 Å². The number of rotatable bonds is 3. The van der Waals surface area contributed by atoms with Crippen molar-refractivity contribution < 1.29 is 23.4 Å². The monoisotopic (exact) mass is 309 g/mol. The summed E-state index contributed by atoms with van der Waals surface area (Å²) in [6.45, 7) is 4.68. The molecule has 0 atom stereocenters. The number of hydrogen-bond donors (Lipinski definition) is 0. The fraction of sp³-hybridized carbons (Fsp3) is 0.562. The molecule has 1 spiro atoms. The lowest BCUT2D eigenvalue weighted by atomic mass is 10.0. The Balaban J connectivity index is 1.68. The predicted molar refractivity (Wildman–Crippen MR) is 78.4 cm³/mol. The molecule has 0 radical (unpaired) electrons. The van der Waals surface area contributed by atoms with E-state index < -0.39 is 17.6 Å². The lowest BCUT2D eigenvalue weighted by Crippen LogP contribution is -2.45. The van der Waals surface area contributed by atoms with Crippen LogP contribution in [-0.4, -0.2) is 44.7 Å². The zero-order chi connectivity index (χ0) is 15.6. The molecular formula is C16H20FNO4. The highest BCUT2D eigenvalue weighted by Crippen LogP contribution is 2.33. The lowest BCUT2D eigenvalue weighted by molar-refractivity contribution is -0.169. The molecule has 5 nitrogen and oxygen atoms in total. The summed E-state index contributed by atoms with van der Waals surface area (Å²) in [6, 6.07) is 4.62. The van der Waals surface area contributed by atoms with Crippen molar-refractivity contribution in [2.24, 2.45) is 0 Å². The Bertz CT molecular complexity index is 547. The van der Waals surface area contributed by atoms with Gasteiger partial charge in [0.05, 0.1) is 25.4 Å². The smallest absolute Gasteiger partial charge is 0.341 e. The van der Waals surface area contributed by atoms with Crippen LogP contribution in [0.4, 0.5) is 10.1 Å². The number of halogens is 1. The summed E-state index contributed by atoms with van der Waals surface area (Å²) in [5.41, 5.74) is 0.736. The Kier molecular flexibility index (Phi) is 4.31. The predicted octanol–water partition coefficient (Wildman–Crippen LogP) is 2.35. The van der Waals surface area contributed by atoms with Crippen molar-refractivity contribution in [2.75, 3.05) is 37.8 Å². The second kappa shape index (κ2) is 6.22. The number of esters is 1. The standard InChI is InChI=1S/C16H20FNO4/c1-2-20-15(19)13-4-3-12(11-14(13)17)18-7-5-16(6-8-18)21-9-10-22-16/h3-4,11H,2,5-10H2,1H3. The summed E-state index contributed by atoms with van der Waals surface area (Å²) in [5.74, 6) is -1.62. The third kappa shape index (κ3) is 2.94. The molecule has 0 unspecified atom stereocenters. The maximum atomic E-state index is 14.1. The number of hydrogen-bond acceptors (Lipinski definition) is 5. The second-order valence-corrected chi connectivity index (χ2v) is 5.48. The Morgan fingerprint density at radius 3 is 2.59 bits per heavy atom. The van der Waals surface area contributed by atoms with Crippen LogP contribution in [0.1, 0.15) is 30.1 Å². The molecule has 2 aliphatic rings. The van der Waals surface area contributed by atoms with Crippen molar-refractivity contribution in [3.63, 3.8) is 0 Å². The Morgan fingerprint density at radius 1 is 1.32 bits per heavy atom. The molecule has 22 heavy (non-hydrogen) atoms. The van der Waals surface area contributed by atoms with E-state index in [1.807, 2.05) is 0 Å². The highest BCUT2D eigenvalue weighted by molar-refractivity contribution is 5.90. The van der Waals surface area contributed by atoms with Crippen molar-refractivity contribution in [3.05, 3.63) is 29.6 Å². The largest absolute Gasteiger partial charge is 0.462 e. The molecule has 0 aliphatic carbocycles. The highest BCUT2D eigenvalue weighted by atomic mass is 19.1. The number of carbonyl (C=O) groups excluding carboxylic acids is 1. The maximum Gasteiger partial charge on any atom is 0.341 e. The number of benzene rings is 1. The molecule has 1 aromatic carbocycles. The summed E-state index contributed by atoms with van der Waals surface area (Å²) < 4.78 is 30.3. The van der Waals surface area contributed by atoms with Crippen LogP contribution in [0.25, 0.3) is 0 Å². The van der Waals surface area contributed by atoms with Crippen LogP contribution < -0.4 is 4.90 Å². The van der Waals surface area contributed by atoms with Gasteiger partial charge in [0.1, 0.15) is 5.82 Å². The van der Waals surface area contributed by atoms with Gasteiger partial charge in [-0.05, 0) is 25.1 Å². The third-order valence-corrected chi connectivity index (χ3v) is 4.15. The molecule has 2 fully saturated rings. The van der Waals surface area contributed by atoms with Gasteiger partial charge in [0.25, 0.3) is 0 Å². The van der Waals surface area contributed by atoms with Crippen LogP contribution in [0.5, 0.6) is 0 Å². The molecule has 3 rings (SSSR count). The first-order valence-corrected chi connectivity index (χ1v) is 7.63. The third-order valence-electron chi connectivity index (χ3n) is 4.15. The topological polar surface area (TPSA) is 48.0 Å². The molecule has 0 bridgehead atoms. The summed E-state index contributed by atoms with van der Waals surface area (Å²) >= 11 is 0. The van der Waals surface area contributed by atoms with Crippen LogP contribution in [-0.2, 0) is 14.2 Å². The molecule has 2 saturated heterocycles. The Hall–Kier alpha value is -1.66. The summed E-state index contributed by atoms with van der Waals surface area (Å²) in [4.78, 5) is 13.7. The van der Waals surface area contributed by atoms with Gasteiger partial charge in [-0.1, -0.05) is 0 Å². The Morgan fingerprint density at radius 2 is 2.00 bits per heavy atom. The number of piperidine rings is 1. The van der Waals surface area contributed by atoms with E-state index in [0.717, 1.165) is 31.6 Å².